The van der Waals surface area contributed by atoms with Crippen molar-refractivity contribution in [3.63, 3.8) is 0 Å². The maximum absolute atomic E-state index is 12.9. The highest BCUT2D eigenvalue weighted by atomic mass is 35.5. The van der Waals surface area contributed by atoms with Crippen LogP contribution in [0.25, 0.3) is 21.7 Å². The van der Waals surface area contributed by atoms with Crippen LogP contribution in [0.2, 0.25) is 0 Å². The van der Waals surface area contributed by atoms with Crippen LogP contribution in [0, 0.1) is 6.92 Å². The van der Waals surface area contributed by atoms with Gasteiger partial charge >= 0.3 is 0 Å². The number of nitrogens with one attached hydrogen (secondary N) is 1. The summed E-state index contributed by atoms with van der Waals surface area (Å²) in [5.74, 6) is 1.26. The fraction of sp³-hybridized carbons (Fsp3) is 0.250. The molecule has 0 spiro atoms. The molecule has 4 rings (SSSR count). The Balaban J connectivity index is 0.00000171. The number of pyridine rings is 2. The summed E-state index contributed by atoms with van der Waals surface area (Å²) in [5, 5.41) is 2.93. The van der Waals surface area contributed by atoms with Crippen LogP contribution in [0.1, 0.15) is 29.3 Å². The molecule has 1 N–H and O–H groups in total. The molecule has 31 heavy (non-hydrogen) atoms. The van der Waals surface area contributed by atoms with E-state index in [0.717, 1.165) is 39.4 Å². The number of aromatic nitrogens is 2. The SMILES string of the molecule is CCc1[nH]c(=O)c(Cc2cnc3cc(C)ccc3c2)c2cc(OC)c(OC)cc12.Cl.Cl. The van der Waals surface area contributed by atoms with Crippen molar-refractivity contribution in [2.45, 2.75) is 26.7 Å². The first-order valence-electron chi connectivity index (χ1n) is 9.69. The predicted molar refractivity (Wildman–Crippen MR) is 131 cm³/mol. The van der Waals surface area contributed by atoms with E-state index in [2.05, 4.69) is 41.2 Å². The molecule has 164 valence electrons. The molecule has 0 bridgehead atoms. The smallest absolute Gasteiger partial charge is 0.252 e. The molecule has 0 saturated heterocycles. The summed E-state index contributed by atoms with van der Waals surface area (Å²) in [4.78, 5) is 20.6. The van der Waals surface area contributed by atoms with E-state index in [-0.39, 0.29) is 30.4 Å². The number of hydrogen-bond acceptors (Lipinski definition) is 4. The minimum Gasteiger partial charge on any atom is -0.493 e. The number of fused-ring (bicyclic) bond motifs is 2. The summed E-state index contributed by atoms with van der Waals surface area (Å²) in [6.07, 6.45) is 3.06. The van der Waals surface area contributed by atoms with E-state index >= 15 is 0 Å². The summed E-state index contributed by atoms with van der Waals surface area (Å²) in [6.45, 7) is 4.08. The fourth-order valence-electron chi connectivity index (χ4n) is 3.81. The molecule has 5 nitrogen and oxygen atoms in total. The molecule has 0 aliphatic carbocycles. The van der Waals surface area contributed by atoms with Gasteiger partial charge in [0.1, 0.15) is 0 Å². The Morgan fingerprint density at radius 3 is 2.29 bits per heavy atom. The maximum atomic E-state index is 12.9. The number of aromatic amines is 1. The van der Waals surface area contributed by atoms with E-state index in [9.17, 15) is 4.79 Å². The van der Waals surface area contributed by atoms with Gasteiger partial charge in [0.2, 0.25) is 0 Å². The summed E-state index contributed by atoms with van der Waals surface area (Å²) in [5.41, 5.74) is 4.64. The van der Waals surface area contributed by atoms with Gasteiger partial charge in [-0.25, -0.2) is 0 Å². The van der Waals surface area contributed by atoms with Crippen molar-refractivity contribution in [1.29, 1.82) is 0 Å². The molecule has 0 aliphatic rings. The zero-order chi connectivity index (χ0) is 20.5. The number of nitrogens with zero attached hydrogens (tertiary/aromatic N) is 1. The van der Waals surface area contributed by atoms with Crippen LogP contribution >= 0.6 is 24.8 Å². The first-order valence-corrected chi connectivity index (χ1v) is 9.69. The maximum Gasteiger partial charge on any atom is 0.252 e. The molecule has 0 unspecified atom stereocenters. The van der Waals surface area contributed by atoms with E-state index in [4.69, 9.17) is 9.47 Å². The Labute approximate surface area is 193 Å². The number of aryl methyl sites for hydroxylation is 2. The molecule has 0 atom stereocenters. The van der Waals surface area contributed by atoms with E-state index in [1.807, 2.05) is 25.3 Å². The van der Waals surface area contributed by atoms with Gasteiger partial charge in [-0.05, 0) is 54.1 Å². The molecular weight excluding hydrogens is 435 g/mol. The van der Waals surface area contributed by atoms with Gasteiger partial charge in [0, 0.05) is 34.6 Å². The van der Waals surface area contributed by atoms with Gasteiger partial charge in [0.15, 0.2) is 11.5 Å². The van der Waals surface area contributed by atoms with Crippen LogP contribution in [0.15, 0.2) is 47.4 Å². The van der Waals surface area contributed by atoms with E-state index in [1.54, 1.807) is 14.2 Å². The predicted octanol–water partition coefficient (Wildman–Crippen LogP) is 5.40. The molecular formula is C24H26Cl2N2O3. The Hall–Kier alpha value is -2.76. The van der Waals surface area contributed by atoms with Crippen LogP contribution in [-0.4, -0.2) is 24.2 Å². The van der Waals surface area contributed by atoms with Gasteiger partial charge < -0.3 is 14.5 Å². The molecule has 0 amide bonds. The second kappa shape index (κ2) is 10.0. The average molecular weight is 461 g/mol. The van der Waals surface area contributed by atoms with Gasteiger partial charge in [0.25, 0.3) is 5.56 Å². The van der Waals surface area contributed by atoms with Crippen LogP contribution in [-0.2, 0) is 12.8 Å². The molecule has 0 saturated carbocycles. The highest BCUT2D eigenvalue weighted by Crippen LogP contribution is 2.34. The standard InChI is InChI=1S/C24H24N2O3.2ClH/c1-5-20-18-12-23(29-4)22(28-3)11-17(18)19(24(27)26-20)10-15-9-16-7-6-14(2)8-21(16)25-13-15;;/h6-9,11-13H,5,10H2,1-4H3,(H,26,27);2*1H. The topological polar surface area (TPSA) is 64.2 Å². The Morgan fingerprint density at radius 2 is 1.65 bits per heavy atom. The molecule has 0 fully saturated rings. The lowest BCUT2D eigenvalue weighted by molar-refractivity contribution is 0.356. The fourth-order valence-corrected chi connectivity index (χ4v) is 3.81. The second-order valence-electron chi connectivity index (χ2n) is 7.23. The Morgan fingerprint density at radius 1 is 0.968 bits per heavy atom. The quantitative estimate of drug-likeness (QED) is 0.432. The molecule has 0 aliphatic heterocycles. The number of ether oxygens (including phenoxy) is 2. The summed E-state index contributed by atoms with van der Waals surface area (Å²) < 4.78 is 10.9. The van der Waals surface area contributed by atoms with Gasteiger partial charge in [-0.3, -0.25) is 9.78 Å². The Bertz CT molecular complexity index is 1290. The van der Waals surface area contributed by atoms with Crippen molar-refractivity contribution in [1.82, 2.24) is 9.97 Å². The van der Waals surface area contributed by atoms with Gasteiger partial charge in [-0.15, -0.1) is 24.8 Å². The summed E-state index contributed by atoms with van der Waals surface area (Å²) in [7, 11) is 3.22. The van der Waals surface area contributed by atoms with Crippen LogP contribution in [0.5, 0.6) is 11.5 Å². The van der Waals surface area contributed by atoms with Crippen molar-refractivity contribution in [2.24, 2.45) is 0 Å². The number of hydrogen-bond donors (Lipinski definition) is 1. The van der Waals surface area contributed by atoms with Crippen LogP contribution in [0.4, 0.5) is 0 Å². The summed E-state index contributed by atoms with van der Waals surface area (Å²) >= 11 is 0. The number of rotatable bonds is 5. The first kappa shape index (κ1) is 24.5. The third kappa shape index (κ3) is 4.63. The normalized spacial score (nSPS) is 10.5. The van der Waals surface area contributed by atoms with Gasteiger partial charge in [-0.1, -0.05) is 19.1 Å². The first-order chi connectivity index (χ1) is 14.0. The van der Waals surface area contributed by atoms with E-state index in [1.165, 1.54) is 5.56 Å². The summed E-state index contributed by atoms with van der Waals surface area (Å²) in [6, 6.07) is 12.1. The number of benzene rings is 2. The zero-order valence-electron chi connectivity index (χ0n) is 17.9. The third-order valence-electron chi connectivity index (χ3n) is 5.34. The van der Waals surface area contributed by atoms with E-state index in [0.29, 0.717) is 23.5 Å². The highest BCUT2D eigenvalue weighted by molar-refractivity contribution is 5.91. The third-order valence-corrected chi connectivity index (χ3v) is 5.34. The monoisotopic (exact) mass is 460 g/mol. The lowest BCUT2D eigenvalue weighted by Crippen LogP contribution is -2.16. The number of halogens is 2. The number of methoxy groups -OCH3 is 2. The van der Waals surface area contributed by atoms with Crippen molar-refractivity contribution in [2.75, 3.05) is 14.2 Å². The lowest BCUT2D eigenvalue weighted by atomic mass is 9.97. The van der Waals surface area contributed by atoms with Crippen LogP contribution in [0.3, 0.4) is 0 Å². The zero-order valence-corrected chi connectivity index (χ0v) is 19.6. The van der Waals surface area contributed by atoms with Gasteiger partial charge in [-0.2, -0.15) is 0 Å². The second-order valence-corrected chi connectivity index (χ2v) is 7.23. The number of H-pyrrole nitrogens is 1. The van der Waals surface area contributed by atoms with Crippen molar-refractivity contribution in [3.05, 3.63) is 75.3 Å². The lowest BCUT2D eigenvalue weighted by Gasteiger charge is -2.14. The van der Waals surface area contributed by atoms with Crippen molar-refractivity contribution >= 4 is 46.5 Å². The largest absolute Gasteiger partial charge is 0.493 e. The van der Waals surface area contributed by atoms with Crippen molar-refractivity contribution < 1.29 is 9.47 Å². The Kier molecular flexibility index (Phi) is 7.93. The van der Waals surface area contributed by atoms with Crippen molar-refractivity contribution in [3.8, 4) is 11.5 Å². The van der Waals surface area contributed by atoms with Gasteiger partial charge in [0.05, 0.1) is 19.7 Å². The van der Waals surface area contributed by atoms with Crippen LogP contribution < -0.4 is 15.0 Å². The minimum absolute atomic E-state index is 0. The minimum atomic E-state index is -0.0782. The molecule has 4 aromatic rings. The molecule has 0 radical (unpaired) electrons. The molecule has 2 aromatic carbocycles. The molecule has 2 heterocycles. The average Bonchev–Trinajstić information content (AvgIpc) is 2.74. The molecule has 2 aromatic heterocycles. The van der Waals surface area contributed by atoms with E-state index < -0.39 is 0 Å². The molecule has 7 heteroatoms. The highest BCUT2D eigenvalue weighted by Gasteiger charge is 2.16.